The fourth-order valence-electron chi connectivity index (χ4n) is 2.53. The summed E-state index contributed by atoms with van der Waals surface area (Å²) in [6.45, 7) is 0.00763. The van der Waals surface area contributed by atoms with Crippen molar-refractivity contribution in [2.75, 3.05) is 6.54 Å². The van der Waals surface area contributed by atoms with Crippen molar-refractivity contribution in [1.29, 1.82) is 0 Å². The van der Waals surface area contributed by atoms with Gasteiger partial charge in [0.1, 0.15) is 6.26 Å². The summed E-state index contributed by atoms with van der Waals surface area (Å²) in [7, 11) is 0. The molecule has 3 aromatic heterocycles. The van der Waals surface area contributed by atoms with Crippen LogP contribution in [0.3, 0.4) is 0 Å². The zero-order valence-electron chi connectivity index (χ0n) is 15.1. The number of hydrogen-bond donors (Lipinski definition) is 2. The molecule has 0 aliphatic rings. The van der Waals surface area contributed by atoms with Crippen LogP contribution in [-0.4, -0.2) is 28.5 Å². The molecule has 0 radical (unpaired) electrons. The van der Waals surface area contributed by atoms with Crippen LogP contribution in [0.2, 0.25) is 0 Å². The van der Waals surface area contributed by atoms with Gasteiger partial charge in [0.05, 0.1) is 23.7 Å². The highest BCUT2D eigenvalue weighted by molar-refractivity contribution is 7.13. The summed E-state index contributed by atoms with van der Waals surface area (Å²) in [6, 6.07) is 14.7. The van der Waals surface area contributed by atoms with Gasteiger partial charge in [-0.1, -0.05) is 41.6 Å². The molecule has 0 aliphatic heterocycles. The SMILES string of the molecule is O=C(CNC(=O)c1cc(-c2ccccc2)on1)NCc1coc(-c2cccs2)n1. The summed E-state index contributed by atoms with van der Waals surface area (Å²) in [4.78, 5) is 29.4. The van der Waals surface area contributed by atoms with Gasteiger partial charge in [-0.15, -0.1) is 11.3 Å². The number of carbonyl (C=O) groups excluding carboxylic acids is 2. The Bertz CT molecular complexity index is 1100. The number of nitrogens with zero attached hydrogens (tertiary/aromatic N) is 2. The molecule has 4 aromatic rings. The number of nitrogens with one attached hydrogen (secondary N) is 2. The van der Waals surface area contributed by atoms with Gasteiger partial charge < -0.3 is 19.6 Å². The van der Waals surface area contributed by atoms with Crippen LogP contribution in [0.15, 0.2) is 69.1 Å². The lowest BCUT2D eigenvalue weighted by Gasteiger charge is -2.03. The third-order valence-electron chi connectivity index (χ3n) is 3.96. The van der Waals surface area contributed by atoms with E-state index in [2.05, 4.69) is 20.8 Å². The lowest BCUT2D eigenvalue weighted by Crippen LogP contribution is -2.36. The van der Waals surface area contributed by atoms with Gasteiger partial charge in [-0.25, -0.2) is 4.98 Å². The molecule has 4 rings (SSSR count). The molecule has 0 aliphatic carbocycles. The third kappa shape index (κ3) is 4.58. The zero-order chi connectivity index (χ0) is 20.1. The van der Waals surface area contributed by atoms with Crippen LogP contribution in [-0.2, 0) is 11.3 Å². The number of benzene rings is 1. The molecule has 146 valence electrons. The molecular formula is C20H16N4O4S. The quantitative estimate of drug-likeness (QED) is 0.486. The second kappa shape index (κ2) is 8.53. The molecule has 0 fully saturated rings. The van der Waals surface area contributed by atoms with Crippen LogP contribution in [0.5, 0.6) is 0 Å². The maximum atomic E-state index is 12.2. The second-order valence-corrected chi connectivity index (χ2v) is 6.97. The molecule has 0 spiro atoms. The molecule has 0 atom stereocenters. The Labute approximate surface area is 169 Å². The molecule has 1 aromatic carbocycles. The zero-order valence-corrected chi connectivity index (χ0v) is 15.9. The number of thiophene rings is 1. The first-order chi connectivity index (χ1) is 14.2. The Hall–Kier alpha value is -3.72. The van der Waals surface area contributed by atoms with Gasteiger partial charge in [-0.3, -0.25) is 9.59 Å². The van der Waals surface area contributed by atoms with Crippen molar-refractivity contribution in [3.05, 3.63) is 71.6 Å². The van der Waals surface area contributed by atoms with E-state index in [1.165, 1.54) is 23.7 Å². The Kier molecular flexibility index (Phi) is 5.48. The van der Waals surface area contributed by atoms with E-state index in [1.807, 2.05) is 47.8 Å². The highest BCUT2D eigenvalue weighted by Crippen LogP contribution is 2.23. The standard InChI is InChI=1S/C20H16N4O4S/c25-18(21-10-14-12-27-20(23-14)17-7-4-8-29-17)11-22-19(26)15-9-16(28-24-15)13-5-2-1-3-6-13/h1-9,12H,10-11H2,(H,21,25)(H,22,26). The summed E-state index contributed by atoms with van der Waals surface area (Å²) in [6.07, 6.45) is 1.49. The predicted octanol–water partition coefficient (Wildman–Crippen LogP) is 3.10. The fourth-order valence-corrected chi connectivity index (χ4v) is 3.18. The summed E-state index contributed by atoms with van der Waals surface area (Å²) in [5.41, 5.74) is 1.51. The van der Waals surface area contributed by atoms with E-state index in [-0.39, 0.29) is 24.7 Å². The van der Waals surface area contributed by atoms with Crippen molar-refractivity contribution in [2.24, 2.45) is 0 Å². The van der Waals surface area contributed by atoms with Gasteiger partial charge in [0.15, 0.2) is 11.5 Å². The minimum atomic E-state index is -0.493. The summed E-state index contributed by atoms with van der Waals surface area (Å²) in [5, 5.41) is 10.9. The van der Waals surface area contributed by atoms with Gasteiger partial charge in [0.2, 0.25) is 11.8 Å². The first-order valence-electron chi connectivity index (χ1n) is 8.74. The topological polar surface area (TPSA) is 110 Å². The average molecular weight is 408 g/mol. The Morgan fingerprint density at radius 3 is 2.72 bits per heavy atom. The van der Waals surface area contributed by atoms with Crippen molar-refractivity contribution in [3.63, 3.8) is 0 Å². The molecule has 0 unspecified atom stereocenters. The lowest BCUT2D eigenvalue weighted by molar-refractivity contribution is -0.120. The molecule has 29 heavy (non-hydrogen) atoms. The summed E-state index contributed by atoms with van der Waals surface area (Å²) >= 11 is 1.52. The van der Waals surface area contributed by atoms with Crippen molar-refractivity contribution in [2.45, 2.75) is 6.54 Å². The molecular weight excluding hydrogens is 392 g/mol. The Morgan fingerprint density at radius 2 is 1.93 bits per heavy atom. The number of rotatable bonds is 7. The van der Waals surface area contributed by atoms with Crippen LogP contribution in [0.4, 0.5) is 0 Å². The van der Waals surface area contributed by atoms with E-state index >= 15 is 0 Å². The van der Waals surface area contributed by atoms with E-state index in [4.69, 9.17) is 8.94 Å². The van der Waals surface area contributed by atoms with Gasteiger partial charge in [0, 0.05) is 11.6 Å². The van der Waals surface area contributed by atoms with Crippen molar-refractivity contribution in [1.82, 2.24) is 20.8 Å². The van der Waals surface area contributed by atoms with Crippen molar-refractivity contribution in [3.8, 4) is 22.1 Å². The minimum absolute atomic E-state index is 0.105. The molecule has 8 nitrogen and oxygen atoms in total. The average Bonchev–Trinajstić information content (AvgIpc) is 3.52. The normalized spacial score (nSPS) is 10.6. The second-order valence-electron chi connectivity index (χ2n) is 6.02. The molecule has 0 saturated carbocycles. The third-order valence-corrected chi connectivity index (χ3v) is 4.82. The van der Waals surface area contributed by atoms with Crippen LogP contribution in [0.25, 0.3) is 22.1 Å². The van der Waals surface area contributed by atoms with Crippen molar-refractivity contribution >= 4 is 23.2 Å². The Morgan fingerprint density at radius 1 is 1.07 bits per heavy atom. The van der Waals surface area contributed by atoms with E-state index in [0.717, 1.165) is 10.4 Å². The monoisotopic (exact) mass is 408 g/mol. The van der Waals surface area contributed by atoms with E-state index in [1.54, 1.807) is 0 Å². The van der Waals surface area contributed by atoms with E-state index in [0.29, 0.717) is 17.3 Å². The van der Waals surface area contributed by atoms with Gasteiger partial charge >= 0.3 is 0 Å². The number of carbonyl (C=O) groups is 2. The summed E-state index contributed by atoms with van der Waals surface area (Å²) < 4.78 is 10.6. The number of oxazole rings is 1. The number of hydrogen-bond acceptors (Lipinski definition) is 7. The molecule has 2 amide bonds. The highest BCUT2D eigenvalue weighted by atomic mass is 32.1. The van der Waals surface area contributed by atoms with Crippen LogP contribution >= 0.6 is 11.3 Å². The molecule has 3 heterocycles. The van der Waals surface area contributed by atoms with Crippen LogP contribution in [0, 0.1) is 0 Å². The minimum Gasteiger partial charge on any atom is -0.443 e. The molecule has 9 heteroatoms. The largest absolute Gasteiger partial charge is 0.443 e. The highest BCUT2D eigenvalue weighted by Gasteiger charge is 2.15. The predicted molar refractivity (Wildman–Crippen MR) is 106 cm³/mol. The number of aromatic nitrogens is 2. The fraction of sp³-hybridized carbons (Fsp3) is 0.100. The maximum absolute atomic E-state index is 12.2. The van der Waals surface area contributed by atoms with Crippen LogP contribution in [0.1, 0.15) is 16.2 Å². The lowest BCUT2D eigenvalue weighted by atomic mass is 10.1. The van der Waals surface area contributed by atoms with E-state index in [9.17, 15) is 9.59 Å². The summed E-state index contributed by atoms with van der Waals surface area (Å²) in [5.74, 6) is 0.142. The van der Waals surface area contributed by atoms with Crippen LogP contribution < -0.4 is 10.6 Å². The van der Waals surface area contributed by atoms with E-state index < -0.39 is 5.91 Å². The van der Waals surface area contributed by atoms with Gasteiger partial charge in [0.25, 0.3) is 5.91 Å². The molecule has 2 N–H and O–H groups in total. The van der Waals surface area contributed by atoms with Crippen molar-refractivity contribution < 1.29 is 18.5 Å². The molecule has 0 bridgehead atoms. The van der Waals surface area contributed by atoms with Gasteiger partial charge in [-0.2, -0.15) is 0 Å². The number of amides is 2. The maximum Gasteiger partial charge on any atom is 0.273 e. The molecule has 0 saturated heterocycles. The first kappa shape index (κ1) is 18.6. The first-order valence-corrected chi connectivity index (χ1v) is 9.62. The smallest absolute Gasteiger partial charge is 0.273 e. The van der Waals surface area contributed by atoms with Gasteiger partial charge in [-0.05, 0) is 11.4 Å². The Balaban J connectivity index is 1.25.